The van der Waals surface area contributed by atoms with Crippen LogP contribution < -0.4 is 0 Å². The number of aromatic carboxylic acids is 1. The fourth-order valence-electron chi connectivity index (χ4n) is 2.64. The minimum absolute atomic E-state index is 0.115. The molecular weight excluding hydrogens is 310 g/mol. The number of fused-ring (bicyclic) bond motifs is 3. The quantitative estimate of drug-likeness (QED) is 0.750. The zero-order valence-electron chi connectivity index (χ0n) is 10.3. The predicted molar refractivity (Wildman–Crippen MR) is 73.7 cm³/mol. The van der Waals surface area contributed by atoms with Crippen molar-refractivity contribution in [2.24, 2.45) is 7.05 Å². The first-order valence-corrected chi connectivity index (χ1v) is 6.50. The lowest BCUT2D eigenvalue weighted by Gasteiger charge is -2.04. The van der Waals surface area contributed by atoms with E-state index in [4.69, 9.17) is 0 Å². The number of ketones is 1. The molecule has 0 unspecified atom stereocenters. The Hall–Kier alpha value is -1.88. The molecule has 1 aliphatic carbocycles. The van der Waals surface area contributed by atoms with Crippen LogP contribution in [0.4, 0.5) is 0 Å². The molecule has 1 aromatic heterocycles. The average molecular weight is 320 g/mol. The van der Waals surface area contributed by atoms with Gasteiger partial charge in [0.05, 0.1) is 11.3 Å². The number of carboxylic acid groups (broad SMARTS) is 1. The summed E-state index contributed by atoms with van der Waals surface area (Å²) < 4.78 is 2.49. The molecule has 0 fully saturated rings. The molecule has 0 amide bonds. The largest absolute Gasteiger partial charge is 0.478 e. The van der Waals surface area contributed by atoms with Gasteiger partial charge in [0.25, 0.3) is 0 Å². The molecule has 4 nitrogen and oxygen atoms in total. The van der Waals surface area contributed by atoms with Crippen LogP contribution in [0.2, 0.25) is 0 Å². The van der Waals surface area contributed by atoms with E-state index in [9.17, 15) is 14.7 Å². The van der Waals surface area contributed by atoms with Crippen LogP contribution in [0.5, 0.6) is 0 Å². The summed E-state index contributed by atoms with van der Waals surface area (Å²) in [5.41, 5.74) is 3.05. The Morgan fingerprint density at radius 1 is 1.32 bits per heavy atom. The van der Waals surface area contributed by atoms with Crippen molar-refractivity contribution in [3.63, 3.8) is 0 Å². The van der Waals surface area contributed by atoms with Crippen LogP contribution in [-0.4, -0.2) is 21.4 Å². The Kier molecular flexibility index (Phi) is 2.44. The van der Waals surface area contributed by atoms with Gasteiger partial charge in [0.1, 0.15) is 0 Å². The molecule has 0 spiro atoms. The molecule has 2 aromatic rings. The van der Waals surface area contributed by atoms with Gasteiger partial charge >= 0.3 is 5.97 Å². The second kappa shape index (κ2) is 3.81. The second-order valence-corrected chi connectivity index (χ2v) is 5.48. The molecule has 0 bridgehead atoms. The van der Waals surface area contributed by atoms with E-state index in [2.05, 4.69) is 15.9 Å². The molecule has 3 rings (SSSR count). The zero-order valence-corrected chi connectivity index (χ0v) is 11.9. The van der Waals surface area contributed by atoms with Gasteiger partial charge in [-0.1, -0.05) is 15.9 Å². The number of carbonyl (C=O) groups excluding carboxylic acids is 1. The Morgan fingerprint density at radius 2 is 2.00 bits per heavy atom. The average Bonchev–Trinajstić information content (AvgIpc) is 2.76. The van der Waals surface area contributed by atoms with Gasteiger partial charge in [-0.05, 0) is 30.7 Å². The third kappa shape index (κ3) is 1.45. The highest BCUT2D eigenvalue weighted by Crippen LogP contribution is 2.42. The first kappa shape index (κ1) is 12.2. The van der Waals surface area contributed by atoms with Crippen LogP contribution in [0.15, 0.2) is 22.7 Å². The van der Waals surface area contributed by atoms with E-state index in [0.717, 1.165) is 4.47 Å². The normalized spacial score (nSPS) is 12.5. The molecule has 0 atom stereocenters. The number of carboxylic acids is 1. The molecule has 1 heterocycles. The Morgan fingerprint density at radius 3 is 2.63 bits per heavy atom. The summed E-state index contributed by atoms with van der Waals surface area (Å²) in [7, 11) is 1.72. The van der Waals surface area contributed by atoms with E-state index in [1.807, 2.05) is 0 Å². The summed E-state index contributed by atoms with van der Waals surface area (Å²) in [5.74, 6) is -1.12. The summed E-state index contributed by atoms with van der Waals surface area (Å²) >= 11 is 3.36. The third-order valence-electron chi connectivity index (χ3n) is 3.61. The van der Waals surface area contributed by atoms with Gasteiger partial charge in [-0.15, -0.1) is 0 Å². The van der Waals surface area contributed by atoms with Crippen molar-refractivity contribution in [2.75, 3.05) is 0 Å². The lowest BCUT2D eigenvalue weighted by Crippen LogP contribution is -2.06. The standard InChI is InChI=1S/C14H10BrNO3/c1-6-10(14(18)19)11-9-5-7(15)3-4-8(9)13(17)12(11)16(6)2/h3-5H,1-2H3,(H,18,19). The van der Waals surface area contributed by atoms with Crippen molar-refractivity contribution in [1.29, 1.82) is 0 Å². The molecule has 0 radical (unpaired) electrons. The molecule has 5 heteroatoms. The molecule has 0 saturated heterocycles. The number of carbonyl (C=O) groups is 2. The highest BCUT2D eigenvalue weighted by Gasteiger charge is 2.36. The van der Waals surface area contributed by atoms with Gasteiger partial charge in [-0.3, -0.25) is 4.79 Å². The second-order valence-electron chi connectivity index (χ2n) is 4.57. The molecule has 96 valence electrons. The molecule has 1 aromatic carbocycles. The van der Waals surface area contributed by atoms with Crippen molar-refractivity contribution in [3.05, 3.63) is 45.2 Å². The van der Waals surface area contributed by atoms with Crippen LogP contribution in [0.1, 0.15) is 32.1 Å². The van der Waals surface area contributed by atoms with E-state index in [-0.39, 0.29) is 11.3 Å². The van der Waals surface area contributed by atoms with Gasteiger partial charge in [0.2, 0.25) is 5.78 Å². The van der Waals surface area contributed by atoms with Crippen molar-refractivity contribution in [3.8, 4) is 11.1 Å². The van der Waals surface area contributed by atoms with E-state index in [0.29, 0.717) is 28.1 Å². The van der Waals surface area contributed by atoms with Crippen molar-refractivity contribution >= 4 is 27.7 Å². The first-order chi connectivity index (χ1) is 8.93. The fourth-order valence-corrected chi connectivity index (χ4v) is 3.00. The third-order valence-corrected chi connectivity index (χ3v) is 4.10. The summed E-state index contributed by atoms with van der Waals surface area (Å²) in [6.45, 7) is 1.71. The SMILES string of the molecule is Cc1c(C(=O)O)c2c(n1C)C(=O)c1ccc(Br)cc1-2. The molecule has 1 aliphatic rings. The number of rotatable bonds is 1. The number of hydrogen-bond donors (Lipinski definition) is 1. The summed E-state index contributed by atoms with van der Waals surface area (Å²) in [6, 6.07) is 5.31. The number of benzene rings is 1. The minimum Gasteiger partial charge on any atom is -0.478 e. The monoisotopic (exact) mass is 319 g/mol. The van der Waals surface area contributed by atoms with Gasteiger partial charge in [-0.2, -0.15) is 0 Å². The fraction of sp³-hybridized carbons (Fsp3) is 0.143. The highest BCUT2D eigenvalue weighted by molar-refractivity contribution is 9.10. The highest BCUT2D eigenvalue weighted by atomic mass is 79.9. The summed E-state index contributed by atoms with van der Waals surface area (Å²) in [6.07, 6.45) is 0. The maximum absolute atomic E-state index is 12.4. The Bertz CT molecular complexity index is 759. The minimum atomic E-state index is -1.00. The van der Waals surface area contributed by atoms with Crippen molar-refractivity contribution in [1.82, 2.24) is 4.57 Å². The summed E-state index contributed by atoms with van der Waals surface area (Å²) in [4.78, 5) is 23.8. The van der Waals surface area contributed by atoms with Gasteiger partial charge in [0.15, 0.2) is 0 Å². The van der Waals surface area contributed by atoms with Gasteiger partial charge < -0.3 is 9.67 Å². The maximum atomic E-state index is 12.4. The molecular formula is C14H10BrNO3. The first-order valence-electron chi connectivity index (χ1n) is 5.70. The van der Waals surface area contributed by atoms with Crippen LogP contribution in [0, 0.1) is 6.92 Å². The van der Waals surface area contributed by atoms with Gasteiger partial charge in [0, 0.05) is 28.3 Å². The Labute approximate surface area is 117 Å². The number of nitrogens with zero attached hydrogens (tertiary/aromatic N) is 1. The summed E-state index contributed by atoms with van der Waals surface area (Å²) in [5, 5.41) is 9.39. The van der Waals surface area contributed by atoms with Crippen LogP contribution in [-0.2, 0) is 7.05 Å². The number of aromatic nitrogens is 1. The lowest BCUT2D eigenvalue weighted by molar-refractivity contribution is 0.0696. The molecule has 19 heavy (non-hydrogen) atoms. The molecule has 0 aliphatic heterocycles. The predicted octanol–water partition coefficient (Wildman–Crippen LogP) is 3.01. The van der Waals surface area contributed by atoms with Crippen LogP contribution >= 0.6 is 15.9 Å². The van der Waals surface area contributed by atoms with E-state index in [1.165, 1.54) is 0 Å². The smallest absolute Gasteiger partial charge is 0.338 e. The topological polar surface area (TPSA) is 59.3 Å². The Balaban J connectivity index is 2.47. The van der Waals surface area contributed by atoms with Crippen LogP contribution in [0.3, 0.4) is 0 Å². The van der Waals surface area contributed by atoms with E-state index < -0.39 is 5.97 Å². The number of hydrogen-bond acceptors (Lipinski definition) is 2. The van der Waals surface area contributed by atoms with Crippen LogP contribution in [0.25, 0.3) is 11.1 Å². The van der Waals surface area contributed by atoms with E-state index in [1.54, 1.807) is 36.7 Å². The zero-order chi connectivity index (χ0) is 13.9. The van der Waals surface area contributed by atoms with Gasteiger partial charge in [-0.25, -0.2) is 4.79 Å². The molecule has 0 saturated carbocycles. The maximum Gasteiger partial charge on any atom is 0.338 e. The lowest BCUT2D eigenvalue weighted by atomic mass is 10.0. The van der Waals surface area contributed by atoms with E-state index >= 15 is 0 Å². The van der Waals surface area contributed by atoms with Crippen molar-refractivity contribution < 1.29 is 14.7 Å². The number of halogens is 1. The molecule has 1 N–H and O–H groups in total. The van der Waals surface area contributed by atoms with Crippen molar-refractivity contribution in [2.45, 2.75) is 6.92 Å².